The largest absolute Gasteiger partial charge is 0.508 e. The zero-order valence-electron chi connectivity index (χ0n) is 13.8. The molecule has 0 atom stereocenters. The summed E-state index contributed by atoms with van der Waals surface area (Å²) in [4.78, 5) is 15.9. The molecule has 0 fully saturated rings. The Kier molecular flexibility index (Phi) is 6.17. The number of hydrogen-bond donors (Lipinski definition) is 2. The number of aliphatic hydroxyl groups excluding tert-OH is 1. The predicted molar refractivity (Wildman–Crippen MR) is 88.7 cm³/mol. The van der Waals surface area contributed by atoms with Crippen molar-refractivity contribution in [2.75, 3.05) is 6.61 Å². The fourth-order valence-corrected chi connectivity index (χ4v) is 1.99. The number of phenols is 1. The predicted octanol–water partition coefficient (Wildman–Crippen LogP) is 4.18. The van der Waals surface area contributed by atoms with Crippen molar-refractivity contribution in [2.24, 2.45) is 4.99 Å². The molecular formula is C18H13F4NO4. The highest BCUT2D eigenvalue weighted by molar-refractivity contribution is 6.15. The summed E-state index contributed by atoms with van der Waals surface area (Å²) in [5, 5.41) is 19.4. The lowest BCUT2D eigenvalue weighted by Gasteiger charge is -2.09. The zero-order valence-corrected chi connectivity index (χ0v) is 13.8. The second kappa shape index (κ2) is 8.35. The van der Waals surface area contributed by atoms with Crippen molar-refractivity contribution in [1.29, 1.82) is 0 Å². The molecule has 0 aliphatic carbocycles. The smallest absolute Gasteiger partial charge is 0.343 e. The van der Waals surface area contributed by atoms with Gasteiger partial charge in [0.25, 0.3) is 0 Å². The van der Waals surface area contributed by atoms with E-state index in [0.717, 1.165) is 6.21 Å². The third-order valence-corrected chi connectivity index (χ3v) is 3.30. The molecule has 5 nitrogen and oxygen atoms in total. The van der Waals surface area contributed by atoms with Crippen molar-refractivity contribution in [1.82, 2.24) is 0 Å². The zero-order chi connectivity index (χ0) is 20.1. The van der Waals surface area contributed by atoms with E-state index >= 15 is 0 Å². The molecule has 0 unspecified atom stereocenters. The first-order valence-corrected chi connectivity index (χ1v) is 7.53. The Bertz CT molecular complexity index is 924. The van der Waals surface area contributed by atoms with E-state index in [1.807, 2.05) is 0 Å². The molecule has 2 rings (SSSR count). The quantitative estimate of drug-likeness (QED) is 0.154. The SMILES string of the molecule is CCOC(=O)C(C=Nc1ccc(O)cc1)=C(O)c1cc(F)c(F)c(F)c1F. The monoisotopic (exact) mass is 383 g/mol. The van der Waals surface area contributed by atoms with E-state index in [2.05, 4.69) is 4.99 Å². The number of aliphatic hydroxyl groups is 1. The Morgan fingerprint density at radius 1 is 1.11 bits per heavy atom. The highest BCUT2D eigenvalue weighted by atomic mass is 19.2. The number of rotatable bonds is 5. The molecule has 0 aromatic heterocycles. The standard InChI is InChI=1S/C18H13F4NO4/c1-2-27-18(26)12(8-23-9-3-5-10(24)6-4-9)17(25)11-7-13(19)15(21)16(22)14(11)20/h3-8,24-25H,2H2,1H3. The number of aromatic hydroxyl groups is 1. The summed E-state index contributed by atoms with van der Waals surface area (Å²) >= 11 is 0. The van der Waals surface area contributed by atoms with Crippen LogP contribution in [0, 0.1) is 23.3 Å². The number of esters is 1. The Balaban J connectivity index is 2.58. The molecule has 0 heterocycles. The van der Waals surface area contributed by atoms with E-state index in [9.17, 15) is 32.6 Å². The van der Waals surface area contributed by atoms with Crippen molar-refractivity contribution in [3.05, 3.63) is 64.7 Å². The van der Waals surface area contributed by atoms with Crippen LogP contribution in [-0.4, -0.2) is 29.0 Å². The highest BCUT2D eigenvalue weighted by Crippen LogP contribution is 2.26. The van der Waals surface area contributed by atoms with Crippen LogP contribution in [0.4, 0.5) is 23.2 Å². The first-order valence-electron chi connectivity index (χ1n) is 7.53. The molecule has 0 radical (unpaired) electrons. The van der Waals surface area contributed by atoms with E-state index < -0.39 is 46.1 Å². The lowest BCUT2D eigenvalue weighted by molar-refractivity contribution is -0.137. The minimum Gasteiger partial charge on any atom is -0.508 e. The molecule has 2 N–H and O–H groups in total. The molecule has 0 saturated heterocycles. The van der Waals surface area contributed by atoms with Crippen LogP contribution in [0.25, 0.3) is 5.76 Å². The Morgan fingerprint density at radius 2 is 1.74 bits per heavy atom. The summed E-state index contributed by atoms with van der Waals surface area (Å²) in [7, 11) is 0. The third kappa shape index (κ3) is 4.43. The van der Waals surface area contributed by atoms with Gasteiger partial charge in [0.15, 0.2) is 23.3 Å². The maximum Gasteiger partial charge on any atom is 0.343 e. The van der Waals surface area contributed by atoms with Crippen LogP contribution in [-0.2, 0) is 9.53 Å². The van der Waals surface area contributed by atoms with Gasteiger partial charge in [-0.1, -0.05) is 0 Å². The van der Waals surface area contributed by atoms with E-state index in [4.69, 9.17) is 4.74 Å². The van der Waals surface area contributed by atoms with E-state index in [0.29, 0.717) is 0 Å². The molecule has 0 aliphatic rings. The average molecular weight is 383 g/mol. The van der Waals surface area contributed by atoms with Crippen LogP contribution in [0.1, 0.15) is 12.5 Å². The fourth-order valence-electron chi connectivity index (χ4n) is 1.99. The summed E-state index contributed by atoms with van der Waals surface area (Å²) in [6.45, 7) is 1.35. The Hall–Kier alpha value is -3.36. The lowest BCUT2D eigenvalue weighted by Crippen LogP contribution is -2.12. The summed E-state index contributed by atoms with van der Waals surface area (Å²) in [6, 6.07) is 5.53. The molecule has 0 saturated carbocycles. The third-order valence-electron chi connectivity index (χ3n) is 3.30. The van der Waals surface area contributed by atoms with E-state index in [1.165, 1.54) is 31.2 Å². The highest BCUT2D eigenvalue weighted by Gasteiger charge is 2.25. The van der Waals surface area contributed by atoms with Crippen LogP contribution in [0.5, 0.6) is 5.75 Å². The lowest BCUT2D eigenvalue weighted by atomic mass is 10.1. The second-order valence-electron chi connectivity index (χ2n) is 5.11. The fraction of sp³-hybridized carbons (Fsp3) is 0.111. The van der Waals surface area contributed by atoms with Crippen LogP contribution in [0.15, 0.2) is 40.9 Å². The summed E-state index contributed by atoms with van der Waals surface area (Å²) in [5.41, 5.74) is -1.56. The number of benzene rings is 2. The summed E-state index contributed by atoms with van der Waals surface area (Å²) in [5.74, 6) is -10.2. The number of hydrogen-bond acceptors (Lipinski definition) is 5. The van der Waals surface area contributed by atoms with Gasteiger partial charge >= 0.3 is 5.97 Å². The van der Waals surface area contributed by atoms with Crippen LogP contribution in [0.3, 0.4) is 0 Å². The van der Waals surface area contributed by atoms with Crippen molar-refractivity contribution in [3.63, 3.8) is 0 Å². The van der Waals surface area contributed by atoms with Gasteiger partial charge in [-0.05, 0) is 37.3 Å². The molecule has 0 spiro atoms. The topological polar surface area (TPSA) is 79.1 Å². The first kappa shape index (κ1) is 20.0. The van der Waals surface area contributed by atoms with Gasteiger partial charge in [0, 0.05) is 6.21 Å². The minimum absolute atomic E-state index is 0.0442. The molecule has 9 heteroatoms. The summed E-state index contributed by atoms with van der Waals surface area (Å²) < 4.78 is 58.5. The van der Waals surface area contributed by atoms with Gasteiger partial charge in [0.05, 0.1) is 17.9 Å². The number of halogens is 4. The molecule has 2 aromatic carbocycles. The van der Waals surface area contributed by atoms with Crippen molar-refractivity contribution in [3.8, 4) is 5.75 Å². The van der Waals surface area contributed by atoms with Crippen molar-refractivity contribution >= 4 is 23.6 Å². The van der Waals surface area contributed by atoms with Gasteiger partial charge in [-0.3, -0.25) is 4.99 Å². The molecule has 142 valence electrons. The second-order valence-corrected chi connectivity index (χ2v) is 5.11. The van der Waals surface area contributed by atoms with Crippen LogP contribution >= 0.6 is 0 Å². The maximum atomic E-state index is 13.9. The van der Waals surface area contributed by atoms with E-state index in [-0.39, 0.29) is 24.1 Å². The molecular weight excluding hydrogens is 370 g/mol. The Labute approximate surface area is 150 Å². The molecule has 2 aromatic rings. The molecule has 27 heavy (non-hydrogen) atoms. The average Bonchev–Trinajstić information content (AvgIpc) is 2.64. The molecule has 0 amide bonds. The number of nitrogens with zero attached hydrogens (tertiary/aromatic N) is 1. The van der Waals surface area contributed by atoms with Crippen LogP contribution in [0.2, 0.25) is 0 Å². The van der Waals surface area contributed by atoms with Gasteiger partial charge in [-0.15, -0.1) is 0 Å². The maximum absolute atomic E-state index is 13.9. The van der Waals surface area contributed by atoms with Gasteiger partial charge < -0.3 is 14.9 Å². The van der Waals surface area contributed by atoms with Gasteiger partial charge in [-0.25, -0.2) is 22.4 Å². The number of carbonyl (C=O) groups excluding carboxylic acids is 1. The van der Waals surface area contributed by atoms with Gasteiger partial charge in [-0.2, -0.15) is 0 Å². The van der Waals surface area contributed by atoms with Crippen molar-refractivity contribution in [2.45, 2.75) is 6.92 Å². The number of carbonyl (C=O) groups is 1. The number of aliphatic imine (C=N–C) groups is 1. The van der Waals surface area contributed by atoms with Gasteiger partial charge in [0.2, 0.25) is 0 Å². The Morgan fingerprint density at radius 3 is 2.33 bits per heavy atom. The normalized spacial score (nSPS) is 12.2. The minimum atomic E-state index is -2.14. The first-order chi connectivity index (χ1) is 12.8. The van der Waals surface area contributed by atoms with Gasteiger partial charge in [0.1, 0.15) is 17.1 Å². The van der Waals surface area contributed by atoms with Crippen LogP contribution < -0.4 is 0 Å². The van der Waals surface area contributed by atoms with Crippen molar-refractivity contribution < 1.29 is 37.3 Å². The molecule has 0 bridgehead atoms. The molecule has 0 aliphatic heterocycles. The number of phenolic OH excluding ortho intramolecular Hbond substituents is 1. The van der Waals surface area contributed by atoms with E-state index in [1.54, 1.807) is 0 Å². The summed E-state index contributed by atoms with van der Waals surface area (Å²) in [6.07, 6.45) is 0.790. The number of ether oxygens (including phenoxy) is 1.